The number of rotatable bonds is 2. The molecule has 0 aromatic heterocycles. The van der Waals surface area contributed by atoms with E-state index in [-0.39, 0.29) is 0 Å². The molecule has 58 valence electrons. The fourth-order valence-electron chi connectivity index (χ4n) is 0.962. The maximum atomic E-state index is 5.73. The van der Waals surface area contributed by atoms with Crippen molar-refractivity contribution in [3.05, 3.63) is 41.5 Å². The maximum Gasteiger partial charge on any atom is 0.0476 e. The molecule has 0 saturated heterocycles. The monoisotopic (exact) mass is 166 g/mol. The summed E-state index contributed by atoms with van der Waals surface area (Å²) in [6.07, 6.45) is 1.83. The maximum absolute atomic E-state index is 5.73. The lowest BCUT2D eigenvalue weighted by Crippen LogP contribution is -1.84. The molecule has 0 nitrogen and oxygen atoms in total. The van der Waals surface area contributed by atoms with Gasteiger partial charge >= 0.3 is 0 Å². The van der Waals surface area contributed by atoms with Crippen LogP contribution in [0, 0.1) is 6.92 Å². The minimum atomic E-state index is 0.577. The van der Waals surface area contributed by atoms with E-state index in [0.29, 0.717) is 5.88 Å². The molecule has 1 rings (SSSR count). The Morgan fingerprint density at radius 2 is 2.27 bits per heavy atom. The van der Waals surface area contributed by atoms with Gasteiger partial charge in [-0.05, 0) is 23.6 Å². The van der Waals surface area contributed by atoms with Gasteiger partial charge in [0.25, 0.3) is 0 Å². The summed E-state index contributed by atoms with van der Waals surface area (Å²) in [6.45, 7) is 5.75. The summed E-state index contributed by atoms with van der Waals surface area (Å²) >= 11 is 5.73. The van der Waals surface area contributed by atoms with Crippen LogP contribution < -0.4 is 0 Å². The van der Waals surface area contributed by atoms with Crippen LogP contribution in [0.1, 0.15) is 16.7 Å². The Bertz CT molecular complexity index is 264. The molecule has 0 aliphatic heterocycles. The third-order valence-electron chi connectivity index (χ3n) is 1.75. The Labute approximate surface area is 72.5 Å². The predicted molar refractivity (Wildman–Crippen MR) is 50.8 cm³/mol. The highest BCUT2D eigenvalue weighted by molar-refractivity contribution is 6.17. The standard InChI is InChI=1S/C10H11Cl/c1-3-9-5-4-8(2)10(6-9)7-11/h3-6H,1,7H2,2H3. The number of benzene rings is 1. The summed E-state index contributed by atoms with van der Waals surface area (Å²) in [5.41, 5.74) is 3.56. The molecular weight excluding hydrogens is 156 g/mol. The van der Waals surface area contributed by atoms with E-state index in [1.807, 2.05) is 12.1 Å². The molecule has 0 heterocycles. The van der Waals surface area contributed by atoms with E-state index in [0.717, 1.165) is 5.56 Å². The molecule has 0 aliphatic carbocycles. The third-order valence-corrected chi connectivity index (χ3v) is 2.04. The van der Waals surface area contributed by atoms with E-state index in [1.54, 1.807) is 0 Å². The van der Waals surface area contributed by atoms with Gasteiger partial charge in [0.1, 0.15) is 0 Å². The van der Waals surface area contributed by atoms with Crippen molar-refractivity contribution in [2.24, 2.45) is 0 Å². The van der Waals surface area contributed by atoms with E-state index in [4.69, 9.17) is 11.6 Å². The van der Waals surface area contributed by atoms with Gasteiger partial charge in [0, 0.05) is 5.88 Å². The highest BCUT2D eigenvalue weighted by Crippen LogP contribution is 2.13. The van der Waals surface area contributed by atoms with E-state index in [9.17, 15) is 0 Å². The zero-order valence-corrected chi connectivity index (χ0v) is 7.36. The second-order valence-electron chi connectivity index (χ2n) is 2.52. The van der Waals surface area contributed by atoms with E-state index in [2.05, 4.69) is 25.6 Å². The van der Waals surface area contributed by atoms with Gasteiger partial charge in [-0.1, -0.05) is 30.9 Å². The predicted octanol–water partition coefficient (Wildman–Crippen LogP) is 3.38. The second-order valence-corrected chi connectivity index (χ2v) is 2.79. The smallest absolute Gasteiger partial charge is 0.0476 e. The molecule has 0 radical (unpaired) electrons. The SMILES string of the molecule is C=Cc1ccc(C)c(CCl)c1. The third kappa shape index (κ3) is 1.84. The second kappa shape index (κ2) is 3.59. The van der Waals surface area contributed by atoms with Gasteiger partial charge in [-0.2, -0.15) is 0 Å². The lowest BCUT2D eigenvalue weighted by molar-refractivity contribution is 1.29. The fourth-order valence-corrected chi connectivity index (χ4v) is 1.25. The Morgan fingerprint density at radius 1 is 1.55 bits per heavy atom. The van der Waals surface area contributed by atoms with Crippen LogP contribution in [-0.4, -0.2) is 0 Å². The first kappa shape index (κ1) is 8.35. The minimum Gasteiger partial charge on any atom is -0.122 e. The van der Waals surface area contributed by atoms with Crippen molar-refractivity contribution < 1.29 is 0 Å². The first-order valence-electron chi connectivity index (χ1n) is 3.56. The van der Waals surface area contributed by atoms with Crippen LogP contribution in [-0.2, 0) is 5.88 Å². The van der Waals surface area contributed by atoms with E-state index < -0.39 is 0 Å². The molecule has 0 aliphatic rings. The molecule has 1 aromatic carbocycles. The van der Waals surface area contributed by atoms with Crippen LogP contribution >= 0.6 is 11.6 Å². The Kier molecular flexibility index (Phi) is 2.72. The van der Waals surface area contributed by atoms with Gasteiger partial charge < -0.3 is 0 Å². The summed E-state index contributed by atoms with van der Waals surface area (Å²) in [5.74, 6) is 0.577. The summed E-state index contributed by atoms with van der Waals surface area (Å²) in [7, 11) is 0. The molecule has 0 bridgehead atoms. The van der Waals surface area contributed by atoms with Crippen molar-refractivity contribution in [3.63, 3.8) is 0 Å². The zero-order chi connectivity index (χ0) is 8.27. The Hall–Kier alpha value is -0.750. The normalized spacial score (nSPS) is 9.64. The topological polar surface area (TPSA) is 0 Å². The highest BCUT2D eigenvalue weighted by Gasteiger charge is 1.95. The molecule has 0 atom stereocenters. The van der Waals surface area contributed by atoms with Crippen molar-refractivity contribution in [3.8, 4) is 0 Å². The van der Waals surface area contributed by atoms with Crippen molar-refractivity contribution in [2.75, 3.05) is 0 Å². The fraction of sp³-hybridized carbons (Fsp3) is 0.200. The summed E-state index contributed by atoms with van der Waals surface area (Å²) < 4.78 is 0. The van der Waals surface area contributed by atoms with E-state index >= 15 is 0 Å². The summed E-state index contributed by atoms with van der Waals surface area (Å²) in [5, 5.41) is 0. The van der Waals surface area contributed by atoms with Crippen molar-refractivity contribution in [1.29, 1.82) is 0 Å². The molecule has 0 fully saturated rings. The first-order chi connectivity index (χ1) is 5.27. The average Bonchev–Trinajstić information content (AvgIpc) is 2.05. The van der Waals surface area contributed by atoms with Gasteiger partial charge in [-0.3, -0.25) is 0 Å². The van der Waals surface area contributed by atoms with Gasteiger partial charge in [-0.15, -0.1) is 11.6 Å². The Morgan fingerprint density at radius 3 is 2.82 bits per heavy atom. The van der Waals surface area contributed by atoms with Gasteiger partial charge in [0.15, 0.2) is 0 Å². The summed E-state index contributed by atoms with van der Waals surface area (Å²) in [4.78, 5) is 0. The average molecular weight is 167 g/mol. The number of aryl methyl sites for hydroxylation is 1. The molecule has 0 N–H and O–H groups in total. The van der Waals surface area contributed by atoms with Gasteiger partial charge in [0.05, 0.1) is 0 Å². The van der Waals surface area contributed by atoms with Gasteiger partial charge in [-0.25, -0.2) is 0 Å². The number of alkyl halides is 1. The van der Waals surface area contributed by atoms with Crippen LogP contribution in [0.25, 0.3) is 6.08 Å². The van der Waals surface area contributed by atoms with Crippen molar-refractivity contribution in [2.45, 2.75) is 12.8 Å². The van der Waals surface area contributed by atoms with Gasteiger partial charge in [0.2, 0.25) is 0 Å². The molecule has 1 aromatic rings. The highest BCUT2D eigenvalue weighted by atomic mass is 35.5. The minimum absolute atomic E-state index is 0.577. The largest absolute Gasteiger partial charge is 0.122 e. The zero-order valence-electron chi connectivity index (χ0n) is 6.60. The molecular formula is C10H11Cl. The van der Waals surface area contributed by atoms with Crippen LogP contribution in [0.3, 0.4) is 0 Å². The number of hydrogen-bond donors (Lipinski definition) is 0. The van der Waals surface area contributed by atoms with Crippen LogP contribution in [0.2, 0.25) is 0 Å². The lowest BCUT2D eigenvalue weighted by Gasteiger charge is -2.01. The number of halogens is 1. The first-order valence-corrected chi connectivity index (χ1v) is 4.09. The molecule has 0 unspecified atom stereocenters. The summed E-state index contributed by atoms with van der Waals surface area (Å²) in [6, 6.07) is 6.17. The van der Waals surface area contributed by atoms with Crippen LogP contribution in [0.15, 0.2) is 24.8 Å². The lowest BCUT2D eigenvalue weighted by atomic mass is 10.1. The molecule has 0 spiro atoms. The van der Waals surface area contributed by atoms with Crippen LogP contribution in [0.5, 0.6) is 0 Å². The van der Waals surface area contributed by atoms with Crippen molar-refractivity contribution >= 4 is 17.7 Å². The molecule has 0 saturated carbocycles. The molecule has 1 heteroatoms. The van der Waals surface area contributed by atoms with E-state index in [1.165, 1.54) is 11.1 Å². The molecule has 0 amide bonds. The van der Waals surface area contributed by atoms with Crippen molar-refractivity contribution in [1.82, 2.24) is 0 Å². The van der Waals surface area contributed by atoms with Crippen LogP contribution in [0.4, 0.5) is 0 Å². The Balaban J connectivity index is 3.12. The quantitative estimate of drug-likeness (QED) is 0.591. The molecule has 11 heavy (non-hydrogen) atoms. The number of hydrogen-bond acceptors (Lipinski definition) is 0.